The third-order valence-corrected chi connectivity index (χ3v) is 38.5. The Labute approximate surface area is 876 Å². The topological polar surface area (TPSA) is 319 Å². The van der Waals surface area contributed by atoms with E-state index in [0.29, 0.717) is 116 Å². The van der Waals surface area contributed by atoms with Gasteiger partial charge in [-0.1, -0.05) is 145 Å². The number of rotatable bonds is 27. The van der Waals surface area contributed by atoms with Crippen molar-refractivity contribution in [2.24, 2.45) is 162 Å². The van der Waals surface area contributed by atoms with Crippen molar-refractivity contribution in [2.75, 3.05) is 26.6 Å². The Morgan fingerprint density at radius 3 is 1.17 bits per heavy atom. The van der Waals surface area contributed by atoms with Crippen LogP contribution in [-0.2, 0) is 110 Å². The highest BCUT2D eigenvalue weighted by Crippen LogP contribution is 2.66. The van der Waals surface area contributed by atoms with Crippen LogP contribution in [-0.4, -0.2) is 150 Å². The van der Waals surface area contributed by atoms with E-state index in [1.165, 1.54) is 103 Å². The van der Waals surface area contributed by atoms with Crippen molar-refractivity contribution in [1.82, 2.24) is 0 Å². The molecule has 24 fully saturated rings. The molecule has 0 aromatic heterocycles. The SMILES string of the molecule is C.C.C.C.C.C.C.C.C.C.C.C.CCC(C)(C)C(=O)OC1(C(C)C)C2CC3CC(C2)CC1C3.CCC(C)(C)C(=O)OC12CC3CC(CC(O)(C3)C1)C2.CCC(C)(C)C(=O)OC1C2CC3CC1CC(C(=O)OCOC1C4CC5CC(C4)CC1C5)(C3)C2.CCC(C)(C)C(=O)OC1CCOC1=O.CCC(C)(C)C(=O)OCC(=O)OC1(C)C2CC3CC(C2)CC1C3.CCC(C)(C)C(=O)OCC(=O)OC1C2CC3C(=O)OC1C3C2. The van der Waals surface area contributed by atoms with E-state index >= 15 is 0 Å². The lowest BCUT2D eigenvalue weighted by atomic mass is 9.47. The molecule has 22 aliphatic carbocycles. The minimum Gasteiger partial charge on any atom is -0.463 e. The molecule has 24 nitrogen and oxygen atoms in total. The van der Waals surface area contributed by atoms with Crippen molar-refractivity contribution in [3.8, 4) is 0 Å². The van der Waals surface area contributed by atoms with Crippen LogP contribution in [0.5, 0.6) is 0 Å². The second-order valence-electron chi connectivity index (χ2n) is 50.4. The molecule has 10 atom stereocenters. The van der Waals surface area contributed by atoms with Crippen molar-refractivity contribution in [3.63, 3.8) is 0 Å². The van der Waals surface area contributed by atoms with Crippen LogP contribution in [0.3, 0.4) is 0 Å². The van der Waals surface area contributed by atoms with Gasteiger partial charge in [0.1, 0.15) is 35.1 Å². The molecule has 0 aromatic rings. The van der Waals surface area contributed by atoms with Crippen LogP contribution in [0.25, 0.3) is 0 Å². The second kappa shape index (κ2) is 51.5. The minimum atomic E-state index is -0.687. The molecule has 144 heavy (non-hydrogen) atoms. The number of esters is 11. The summed E-state index contributed by atoms with van der Waals surface area (Å²) in [4.78, 5) is 134. The van der Waals surface area contributed by atoms with Crippen LogP contribution >= 0.6 is 0 Å². The number of aliphatic hydroxyl groups is 1. The van der Waals surface area contributed by atoms with Crippen LogP contribution in [0.1, 0.15) is 459 Å². The lowest BCUT2D eigenvalue weighted by molar-refractivity contribution is -0.231. The Morgan fingerprint density at radius 2 is 0.757 bits per heavy atom. The summed E-state index contributed by atoms with van der Waals surface area (Å²) in [5, 5.41) is 10.6. The summed E-state index contributed by atoms with van der Waals surface area (Å²) in [6.07, 6.45) is 35.3. The average Bonchev–Trinajstić information content (AvgIpc) is 0.994. The van der Waals surface area contributed by atoms with E-state index in [9.17, 15) is 57.8 Å². The van der Waals surface area contributed by atoms with Gasteiger partial charge in [0.25, 0.3) is 0 Å². The summed E-state index contributed by atoms with van der Waals surface area (Å²) in [5.74, 6) is 9.23. The molecule has 10 unspecified atom stereocenters. The van der Waals surface area contributed by atoms with Gasteiger partial charge in [-0.25, -0.2) is 14.4 Å². The fourth-order valence-corrected chi connectivity index (χ4v) is 29.4. The summed E-state index contributed by atoms with van der Waals surface area (Å²) in [5.41, 5.74) is -4.70. The van der Waals surface area contributed by atoms with Gasteiger partial charge in [0.05, 0.1) is 62.1 Å². The number of hydrogen-bond acceptors (Lipinski definition) is 24. The smallest absolute Gasteiger partial charge is 0.347 e. The Hall–Kier alpha value is -5.91. The molecule has 22 bridgehead atoms. The predicted molar refractivity (Wildman–Crippen MR) is 571 cm³/mol. The molecule has 0 radical (unpaired) electrons. The maximum Gasteiger partial charge on any atom is 0.347 e. The zero-order valence-electron chi connectivity index (χ0n) is 84.4. The molecule has 2 heterocycles. The average molecular weight is 2040 g/mol. The number of carbonyl (C=O) groups is 11. The monoisotopic (exact) mass is 2040 g/mol. The van der Waals surface area contributed by atoms with E-state index in [4.69, 9.17) is 56.8 Å². The summed E-state index contributed by atoms with van der Waals surface area (Å²) >= 11 is 0. The molecule has 24 heteroatoms. The first-order chi connectivity index (χ1) is 61.9. The van der Waals surface area contributed by atoms with Gasteiger partial charge in [0.2, 0.25) is 6.10 Å². The van der Waals surface area contributed by atoms with E-state index in [0.717, 1.165) is 125 Å². The maximum absolute atomic E-state index is 13.4. The zero-order chi connectivity index (χ0) is 95.9. The summed E-state index contributed by atoms with van der Waals surface area (Å²) in [6, 6.07) is 0. The number of hydrogen-bond donors (Lipinski definition) is 1. The van der Waals surface area contributed by atoms with Gasteiger partial charge in [-0.15, -0.1) is 0 Å². The highest BCUT2D eigenvalue weighted by molar-refractivity contribution is 5.84. The molecule has 0 amide bonds. The van der Waals surface area contributed by atoms with Crippen molar-refractivity contribution >= 4 is 65.7 Å². The molecule has 0 spiro atoms. The minimum absolute atomic E-state index is 0. The molecule has 0 aromatic carbocycles. The highest BCUT2D eigenvalue weighted by atomic mass is 16.7. The second-order valence-corrected chi connectivity index (χ2v) is 50.4. The molecular weight excluding hydrogens is 1830 g/mol. The normalized spacial score (nSPS) is 36.4. The van der Waals surface area contributed by atoms with Crippen LogP contribution < -0.4 is 0 Å². The standard InChI is InChI=1S/C28H42O5.C19H30O4.C19H32O2.C16H22O6.C16H26O3.C10H16O4.12CH4/c1-4-27(2,3)25(29)33-24-21-10-18-11-22(24)14-28(12-18,13-21)26(30)32-15-31-23-19-6-16-5-17(8-19)9-20(23)7-16;1-5-18(2,3)17(21)22-11-16(20)23-19(4)14-7-12-6-13(9-14)10-15(19)8-12;1-6-18(4,5)17(20)21-19(12(2)3)15-8-13-7-14(10-15)11-16(19)9-13;1-4-16(2,3)15(19)20-7-11(17)21-12-8-5-9-10(6-8)14(18)22-13(9)12;1-4-14(2,3)13(17)19-16-8-11-5-12(9-16)7-15(18,6-11)10-16;1-4-10(2,3)9(12)14-7-5-6-13-8(7)11;;;;;;;;;;;;/h16-24H,4-15H2,1-3H3;12-15H,5-11H2,1-4H3;12-16H,6-11H2,1-5H3;8-10,12-13H,4-7H2,1-3H3;11-12,18H,4-10H2,1-3H3;7H,4-6H2,1-3H3;12*1H4. The van der Waals surface area contributed by atoms with Crippen molar-refractivity contribution in [3.05, 3.63) is 0 Å². The summed E-state index contributed by atoms with van der Waals surface area (Å²) in [7, 11) is 0. The summed E-state index contributed by atoms with van der Waals surface area (Å²) in [6.45, 7) is 41.1. The van der Waals surface area contributed by atoms with E-state index in [-0.39, 0.29) is 221 Å². The molecule has 840 valence electrons. The van der Waals surface area contributed by atoms with Gasteiger partial charge in [0, 0.05) is 24.7 Å². The Bertz CT molecular complexity index is 4080. The number of fused-ring (bicyclic) bond motifs is 1. The van der Waals surface area contributed by atoms with Gasteiger partial charge < -0.3 is 61.9 Å². The lowest BCUT2D eigenvalue weighted by Crippen LogP contribution is -2.63. The molecule has 24 rings (SSSR count). The van der Waals surface area contributed by atoms with Gasteiger partial charge in [-0.3, -0.25) is 38.4 Å². The van der Waals surface area contributed by atoms with Crippen LogP contribution in [0.4, 0.5) is 0 Å². The molecule has 2 saturated heterocycles. The predicted octanol–water partition coefficient (Wildman–Crippen LogP) is 27.5. The fourth-order valence-electron chi connectivity index (χ4n) is 29.4. The molecule has 22 saturated carbocycles. The molecule has 1 N–H and O–H groups in total. The molecule has 24 aliphatic rings. The van der Waals surface area contributed by atoms with E-state index in [1.807, 2.05) is 90.0 Å². The van der Waals surface area contributed by atoms with Crippen molar-refractivity contribution in [1.29, 1.82) is 0 Å². The third-order valence-electron chi connectivity index (χ3n) is 38.5. The highest BCUT2D eigenvalue weighted by Gasteiger charge is 2.67. The first kappa shape index (κ1) is 134. The number of cyclic esters (lactones) is 1. The van der Waals surface area contributed by atoms with Crippen LogP contribution in [0.2, 0.25) is 0 Å². The lowest BCUT2D eigenvalue weighted by Gasteiger charge is -2.62. The quantitative estimate of drug-likeness (QED) is 0.0453. The number of carbonyl (C=O) groups excluding carboxylic acids is 11. The maximum atomic E-state index is 13.4. The Kier molecular flexibility index (Phi) is 48.0. The zero-order valence-corrected chi connectivity index (χ0v) is 84.4. The molecule has 2 aliphatic heterocycles. The van der Waals surface area contributed by atoms with Gasteiger partial charge in [0.15, 0.2) is 20.0 Å². The first-order valence-corrected chi connectivity index (χ1v) is 52.4. The van der Waals surface area contributed by atoms with Gasteiger partial charge >= 0.3 is 65.7 Å². The van der Waals surface area contributed by atoms with Crippen molar-refractivity contribution < 1.29 is 115 Å². The van der Waals surface area contributed by atoms with Crippen LogP contribution in [0.15, 0.2) is 0 Å². The van der Waals surface area contributed by atoms with Gasteiger partial charge in [-0.05, 0) is 408 Å². The van der Waals surface area contributed by atoms with E-state index < -0.39 is 56.7 Å². The third kappa shape index (κ3) is 27.9. The largest absolute Gasteiger partial charge is 0.463 e. The van der Waals surface area contributed by atoms with E-state index in [2.05, 4.69) is 27.7 Å². The van der Waals surface area contributed by atoms with Gasteiger partial charge in [-0.2, -0.15) is 0 Å². The first-order valence-electron chi connectivity index (χ1n) is 52.4. The fraction of sp³-hybridized carbons (Fsp3) is 0.908. The Balaban J connectivity index is 0.000000584. The molecular formula is C120H216O24. The number of ether oxygens (including phenoxy) is 12. The van der Waals surface area contributed by atoms with Crippen LogP contribution in [0, 0.1) is 162 Å². The van der Waals surface area contributed by atoms with E-state index in [1.54, 1.807) is 27.7 Å². The van der Waals surface area contributed by atoms with Crippen molar-refractivity contribution in [2.45, 2.75) is 512 Å². The summed E-state index contributed by atoms with van der Waals surface area (Å²) < 4.78 is 67.2. The Morgan fingerprint density at radius 1 is 0.375 bits per heavy atom.